The molecule has 2 N–H and O–H groups in total. The highest BCUT2D eigenvalue weighted by atomic mass is 79.9. The quantitative estimate of drug-likeness (QED) is 0.833. The molecule has 4 nitrogen and oxygen atoms in total. The molecule has 1 saturated carbocycles. The van der Waals surface area contributed by atoms with E-state index in [2.05, 4.69) is 33.4 Å². The van der Waals surface area contributed by atoms with Crippen molar-refractivity contribution in [2.75, 3.05) is 5.32 Å². The third-order valence-corrected chi connectivity index (χ3v) is 4.77. The normalized spacial score (nSPS) is 26.8. The number of para-hydroxylation sites is 1. The second kappa shape index (κ2) is 5.05. The van der Waals surface area contributed by atoms with Gasteiger partial charge in [0.05, 0.1) is 11.3 Å². The summed E-state index contributed by atoms with van der Waals surface area (Å²) in [6.07, 6.45) is 6.19. The predicted octanol–water partition coefficient (Wildman–Crippen LogP) is 3.30. The minimum absolute atomic E-state index is 0.0428. The summed E-state index contributed by atoms with van der Waals surface area (Å²) in [5.74, 6) is -0.367. The molecule has 2 aliphatic rings. The molecule has 3 atom stereocenters. The highest BCUT2D eigenvalue weighted by Crippen LogP contribution is 2.44. The van der Waals surface area contributed by atoms with Crippen molar-refractivity contribution in [1.29, 1.82) is 0 Å². The molecule has 104 valence electrons. The summed E-state index contributed by atoms with van der Waals surface area (Å²) in [5, 5.41) is 12.0. The second-order valence-corrected chi connectivity index (χ2v) is 6.20. The fraction of sp³-hybridized carbons (Fsp3) is 0.333. The number of rotatable bonds is 3. The van der Waals surface area contributed by atoms with Gasteiger partial charge >= 0.3 is 5.97 Å². The Hall–Kier alpha value is -1.62. The van der Waals surface area contributed by atoms with E-state index in [0.717, 1.165) is 12.8 Å². The Morgan fingerprint density at radius 2 is 2.05 bits per heavy atom. The van der Waals surface area contributed by atoms with Crippen molar-refractivity contribution in [3.8, 4) is 0 Å². The Balaban J connectivity index is 1.83. The zero-order chi connectivity index (χ0) is 14.3. The van der Waals surface area contributed by atoms with Crippen LogP contribution in [0.4, 0.5) is 5.69 Å². The summed E-state index contributed by atoms with van der Waals surface area (Å²) < 4.78 is 0.587. The number of fused-ring (bicyclic) bond motifs is 2. The summed E-state index contributed by atoms with van der Waals surface area (Å²) in [6.45, 7) is 0. The van der Waals surface area contributed by atoms with Gasteiger partial charge in [-0.2, -0.15) is 0 Å². The van der Waals surface area contributed by atoms with Crippen molar-refractivity contribution in [1.82, 2.24) is 0 Å². The molecular formula is C15H14BrNO3. The number of carbonyl (C=O) groups is 2. The van der Waals surface area contributed by atoms with E-state index in [4.69, 9.17) is 0 Å². The van der Waals surface area contributed by atoms with E-state index < -0.39 is 5.97 Å². The Kier molecular flexibility index (Phi) is 3.38. The molecular weight excluding hydrogens is 322 g/mol. The molecule has 0 aliphatic heterocycles. The summed E-state index contributed by atoms with van der Waals surface area (Å²) in [7, 11) is 0. The Morgan fingerprint density at radius 1 is 1.25 bits per heavy atom. The number of anilines is 1. The molecule has 2 bridgehead atoms. The largest absolute Gasteiger partial charge is 0.478 e. The number of hydrogen-bond acceptors (Lipinski definition) is 2. The molecule has 1 aromatic rings. The maximum absolute atomic E-state index is 12.4. The van der Waals surface area contributed by atoms with Crippen molar-refractivity contribution in [2.45, 2.75) is 12.8 Å². The lowest BCUT2D eigenvalue weighted by Crippen LogP contribution is -2.27. The van der Waals surface area contributed by atoms with Gasteiger partial charge in [-0.1, -0.05) is 18.2 Å². The first-order valence-corrected chi connectivity index (χ1v) is 7.36. The zero-order valence-corrected chi connectivity index (χ0v) is 12.3. The second-order valence-electron chi connectivity index (χ2n) is 5.34. The summed E-state index contributed by atoms with van der Waals surface area (Å²) >= 11 is 3.30. The fourth-order valence-electron chi connectivity index (χ4n) is 3.13. The van der Waals surface area contributed by atoms with Gasteiger partial charge in [-0.3, -0.25) is 4.79 Å². The van der Waals surface area contributed by atoms with Gasteiger partial charge in [0, 0.05) is 10.4 Å². The third kappa shape index (κ3) is 2.26. The molecule has 1 aromatic carbocycles. The number of amides is 1. The van der Waals surface area contributed by atoms with Crippen LogP contribution in [0, 0.1) is 17.8 Å². The van der Waals surface area contributed by atoms with Gasteiger partial charge in [-0.05, 0) is 52.7 Å². The van der Waals surface area contributed by atoms with Crippen LogP contribution in [0.1, 0.15) is 23.2 Å². The van der Waals surface area contributed by atoms with E-state index in [-0.39, 0.29) is 17.4 Å². The SMILES string of the molecule is O=C(O)c1cccc(Br)c1NC(=O)C1CC2C=CC1C2. The van der Waals surface area contributed by atoms with Crippen LogP contribution in [0.25, 0.3) is 0 Å². The van der Waals surface area contributed by atoms with Gasteiger partial charge in [-0.15, -0.1) is 0 Å². The van der Waals surface area contributed by atoms with Gasteiger partial charge in [-0.25, -0.2) is 4.79 Å². The number of carbonyl (C=O) groups excluding carboxylic acids is 1. The first-order valence-electron chi connectivity index (χ1n) is 6.57. The molecule has 3 rings (SSSR count). The predicted molar refractivity (Wildman–Crippen MR) is 78.6 cm³/mol. The lowest BCUT2D eigenvalue weighted by molar-refractivity contribution is -0.120. The molecule has 0 heterocycles. The van der Waals surface area contributed by atoms with Crippen LogP contribution in [0.2, 0.25) is 0 Å². The first-order chi connectivity index (χ1) is 9.56. The summed E-state index contributed by atoms with van der Waals surface area (Å²) in [5.41, 5.74) is 0.447. The zero-order valence-electron chi connectivity index (χ0n) is 10.7. The standard InChI is InChI=1S/C15H14BrNO3/c16-12-3-1-2-10(15(19)20)13(12)17-14(18)11-7-8-4-5-9(11)6-8/h1-5,8-9,11H,6-7H2,(H,17,18)(H,19,20). The van der Waals surface area contributed by atoms with Gasteiger partial charge in [0.2, 0.25) is 5.91 Å². The van der Waals surface area contributed by atoms with Crippen LogP contribution in [0.5, 0.6) is 0 Å². The van der Waals surface area contributed by atoms with Crippen LogP contribution in [0.3, 0.4) is 0 Å². The third-order valence-electron chi connectivity index (χ3n) is 4.11. The number of nitrogens with one attached hydrogen (secondary N) is 1. The van der Waals surface area contributed by atoms with Gasteiger partial charge in [0.25, 0.3) is 0 Å². The van der Waals surface area contributed by atoms with Gasteiger partial charge < -0.3 is 10.4 Å². The first kappa shape index (κ1) is 13.4. The molecule has 2 aliphatic carbocycles. The van der Waals surface area contributed by atoms with Crippen LogP contribution >= 0.6 is 15.9 Å². The molecule has 0 aromatic heterocycles. The molecule has 1 fully saturated rings. The minimum atomic E-state index is -1.05. The Morgan fingerprint density at radius 3 is 2.65 bits per heavy atom. The molecule has 0 spiro atoms. The van der Waals surface area contributed by atoms with Crippen LogP contribution in [-0.2, 0) is 4.79 Å². The molecule has 5 heteroatoms. The Labute approximate surface area is 125 Å². The average molecular weight is 336 g/mol. The van der Waals surface area contributed by atoms with E-state index in [1.807, 2.05) is 0 Å². The maximum Gasteiger partial charge on any atom is 0.337 e. The molecule has 20 heavy (non-hydrogen) atoms. The summed E-state index contributed by atoms with van der Waals surface area (Å²) in [4.78, 5) is 23.6. The number of carboxylic acids is 1. The number of halogens is 1. The van der Waals surface area contributed by atoms with Crippen LogP contribution < -0.4 is 5.32 Å². The van der Waals surface area contributed by atoms with Crippen molar-refractivity contribution < 1.29 is 14.7 Å². The van der Waals surface area contributed by atoms with E-state index >= 15 is 0 Å². The van der Waals surface area contributed by atoms with E-state index in [9.17, 15) is 14.7 Å². The molecule has 3 unspecified atom stereocenters. The van der Waals surface area contributed by atoms with Crippen molar-refractivity contribution >= 4 is 33.5 Å². The lowest BCUT2D eigenvalue weighted by Gasteiger charge is -2.19. The van der Waals surface area contributed by atoms with Crippen LogP contribution in [0.15, 0.2) is 34.8 Å². The van der Waals surface area contributed by atoms with Crippen molar-refractivity contribution in [3.63, 3.8) is 0 Å². The Bertz CT molecular complexity index is 611. The topological polar surface area (TPSA) is 66.4 Å². The number of hydrogen-bond donors (Lipinski definition) is 2. The van der Waals surface area contributed by atoms with Crippen LogP contribution in [-0.4, -0.2) is 17.0 Å². The van der Waals surface area contributed by atoms with Crippen molar-refractivity contribution in [3.05, 3.63) is 40.4 Å². The number of benzene rings is 1. The van der Waals surface area contributed by atoms with E-state index in [0.29, 0.717) is 22.0 Å². The highest BCUT2D eigenvalue weighted by molar-refractivity contribution is 9.10. The monoisotopic (exact) mass is 335 g/mol. The number of aromatic carboxylic acids is 1. The number of carboxylic acid groups (broad SMARTS) is 1. The smallest absolute Gasteiger partial charge is 0.337 e. The van der Waals surface area contributed by atoms with E-state index in [1.54, 1.807) is 12.1 Å². The summed E-state index contributed by atoms with van der Waals surface area (Å²) in [6, 6.07) is 4.86. The molecule has 0 saturated heterocycles. The van der Waals surface area contributed by atoms with Crippen molar-refractivity contribution in [2.24, 2.45) is 17.8 Å². The molecule has 1 amide bonds. The molecule has 0 radical (unpaired) electrons. The minimum Gasteiger partial charge on any atom is -0.478 e. The fourth-order valence-corrected chi connectivity index (χ4v) is 3.59. The van der Waals surface area contributed by atoms with Gasteiger partial charge in [0.15, 0.2) is 0 Å². The maximum atomic E-state index is 12.4. The lowest BCUT2D eigenvalue weighted by atomic mass is 9.92. The van der Waals surface area contributed by atoms with E-state index in [1.165, 1.54) is 6.07 Å². The highest BCUT2D eigenvalue weighted by Gasteiger charge is 2.40. The average Bonchev–Trinajstić information content (AvgIpc) is 3.03. The van der Waals surface area contributed by atoms with Gasteiger partial charge in [0.1, 0.15) is 0 Å². The number of allylic oxidation sites excluding steroid dienone is 2.